The fourth-order valence-corrected chi connectivity index (χ4v) is 2.43. The number of nitrogen functional groups attached to an aromatic ring is 1. The van der Waals surface area contributed by atoms with Gasteiger partial charge in [-0.1, -0.05) is 0 Å². The van der Waals surface area contributed by atoms with E-state index in [1.54, 1.807) is 17.5 Å². The van der Waals surface area contributed by atoms with E-state index in [4.69, 9.17) is 5.73 Å². The highest BCUT2D eigenvalue weighted by Crippen LogP contribution is 2.24. The Balaban J connectivity index is 2.36. The van der Waals surface area contributed by atoms with Crippen molar-refractivity contribution in [1.82, 2.24) is 9.78 Å². The highest BCUT2D eigenvalue weighted by molar-refractivity contribution is 14.1. The van der Waals surface area contributed by atoms with Crippen molar-refractivity contribution >= 4 is 39.7 Å². The second-order valence-corrected chi connectivity index (χ2v) is 5.00. The second kappa shape index (κ2) is 3.90. The fourth-order valence-electron chi connectivity index (χ4n) is 1.31. The number of halogens is 1. The van der Waals surface area contributed by atoms with E-state index in [1.807, 2.05) is 4.68 Å². The lowest BCUT2D eigenvalue weighted by molar-refractivity contribution is 0.574. The highest BCUT2D eigenvalue weighted by atomic mass is 127. The first kappa shape index (κ1) is 9.97. The monoisotopic (exact) mass is 319 g/mol. The Bertz CT molecular complexity index is 421. The SMILES string of the molecule is CC(c1ccsc1)n1ncc(I)c1N. The standard InChI is InChI=1S/C9H10IN3S/c1-6(7-2-3-14-5-7)13-9(11)8(10)4-12-13/h2-6H,11H2,1H3. The number of hydrogen-bond acceptors (Lipinski definition) is 3. The Morgan fingerprint density at radius 3 is 2.93 bits per heavy atom. The summed E-state index contributed by atoms with van der Waals surface area (Å²) in [6.07, 6.45) is 1.79. The van der Waals surface area contributed by atoms with Crippen LogP contribution < -0.4 is 5.73 Å². The normalized spacial score (nSPS) is 13.0. The van der Waals surface area contributed by atoms with Gasteiger partial charge in [0.15, 0.2) is 0 Å². The Hall–Kier alpha value is -0.560. The van der Waals surface area contributed by atoms with Crippen LogP contribution >= 0.6 is 33.9 Å². The molecule has 2 rings (SSSR count). The summed E-state index contributed by atoms with van der Waals surface area (Å²) >= 11 is 3.88. The molecule has 0 aliphatic rings. The van der Waals surface area contributed by atoms with E-state index in [-0.39, 0.29) is 6.04 Å². The highest BCUT2D eigenvalue weighted by Gasteiger charge is 2.13. The fraction of sp³-hybridized carbons (Fsp3) is 0.222. The summed E-state index contributed by atoms with van der Waals surface area (Å²) in [5.41, 5.74) is 7.16. The molecule has 74 valence electrons. The van der Waals surface area contributed by atoms with E-state index in [0.717, 1.165) is 9.39 Å². The van der Waals surface area contributed by atoms with Gasteiger partial charge in [-0.3, -0.25) is 0 Å². The van der Waals surface area contributed by atoms with Crippen LogP contribution in [0.1, 0.15) is 18.5 Å². The van der Waals surface area contributed by atoms with Gasteiger partial charge >= 0.3 is 0 Å². The van der Waals surface area contributed by atoms with E-state index >= 15 is 0 Å². The predicted octanol–water partition coefficient (Wildman–Crippen LogP) is 2.74. The van der Waals surface area contributed by atoms with E-state index in [0.29, 0.717) is 0 Å². The molecule has 1 unspecified atom stereocenters. The van der Waals surface area contributed by atoms with E-state index in [2.05, 4.69) is 51.4 Å². The average Bonchev–Trinajstić information content (AvgIpc) is 2.77. The van der Waals surface area contributed by atoms with E-state index in [9.17, 15) is 0 Å². The average molecular weight is 319 g/mol. The third kappa shape index (κ3) is 1.66. The van der Waals surface area contributed by atoms with Gasteiger partial charge in [-0.2, -0.15) is 16.4 Å². The molecule has 14 heavy (non-hydrogen) atoms. The summed E-state index contributed by atoms with van der Waals surface area (Å²) in [4.78, 5) is 0. The molecule has 3 nitrogen and oxygen atoms in total. The topological polar surface area (TPSA) is 43.8 Å². The zero-order chi connectivity index (χ0) is 10.1. The third-order valence-corrected chi connectivity index (χ3v) is 3.71. The van der Waals surface area contributed by atoms with Crippen LogP contribution in [0.3, 0.4) is 0 Å². The first-order valence-electron chi connectivity index (χ1n) is 4.20. The molecule has 0 aliphatic carbocycles. The summed E-state index contributed by atoms with van der Waals surface area (Å²) in [6, 6.07) is 2.31. The minimum Gasteiger partial charge on any atom is -0.383 e. The molecule has 0 saturated carbocycles. The zero-order valence-electron chi connectivity index (χ0n) is 7.64. The van der Waals surface area contributed by atoms with E-state index < -0.39 is 0 Å². The Kier molecular flexibility index (Phi) is 2.78. The number of rotatable bonds is 2. The number of anilines is 1. The maximum Gasteiger partial charge on any atom is 0.135 e. The number of hydrogen-bond donors (Lipinski definition) is 1. The van der Waals surface area contributed by atoms with E-state index in [1.165, 1.54) is 5.56 Å². The van der Waals surface area contributed by atoms with Crippen LogP contribution in [0.4, 0.5) is 5.82 Å². The number of thiophene rings is 1. The molecule has 2 heterocycles. The van der Waals surface area contributed by atoms with Gasteiger partial charge in [0, 0.05) is 0 Å². The summed E-state index contributed by atoms with van der Waals surface area (Å²) in [7, 11) is 0. The number of aromatic nitrogens is 2. The lowest BCUT2D eigenvalue weighted by atomic mass is 10.2. The molecule has 0 spiro atoms. The molecule has 0 aromatic carbocycles. The molecule has 0 saturated heterocycles. The van der Waals surface area contributed by atoms with Crippen molar-refractivity contribution in [2.24, 2.45) is 0 Å². The molecule has 0 bridgehead atoms. The van der Waals surface area contributed by atoms with Crippen LogP contribution in [0.2, 0.25) is 0 Å². The van der Waals surface area contributed by atoms with Gasteiger partial charge in [0.1, 0.15) is 5.82 Å². The van der Waals surface area contributed by atoms with Crippen LogP contribution in [0, 0.1) is 3.57 Å². The molecule has 0 fully saturated rings. The first-order valence-corrected chi connectivity index (χ1v) is 6.23. The van der Waals surface area contributed by atoms with Crippen LogP contribution in [0.15, 0.2) is 23.0 Å². The third-order valence-electron chi connectivity index (χ3n) is 2.18. The molecular formula is C9H10IN3S. The minimum atomic E-state index is 0.213. The lowest BCUT2D eigenvalue weighted by Gasteiger charge is -2.12. The molecule has 2 aromatic heterocycles. The maximum atomic E-state index is 5.91. The van der Waals surface area contributed by atoms with Crippen LogP contribution in [-0.2, 0) is 0 Å². The van der Waals surface area contributed by atoms with Crippen molar-refractivity contribution in [3.63, 3.8) is 0 Å². The first-order chi connectivity index (χ1) is 6.70. The summed E-state index contributed by atoms with van der Waals surface area (Å²) < 4.78 is 2.86. The van der Waals surface area contributed by atoms with Crippen molar-refractivity contribution in [3.05, 3.63) is 32.2 Å². The molecule has 0 radical (unpaired) electrons. The van der Waals surface area contributed by atoms with Gasteiger partial charge in [0.05, 0.1) is 15.8 Å². The van der Waals surface area contributed by atoms with Crippen LogP contribution in [0.25, 0.3) is 0 Å². The van der Waals surface area contributed by atoms with Crippen molar-refractivity contribution in [2.45, 2.75) is 13.0 Å². The van der Waals surface area contributed by atoms with Crippen LogP contribution in [-0.4, -0.2) is 9.78 Å². The summed E-state index contributed by atoms with van der Waals surface area (Å²) in [5.74, 6) is 0.740. The van der Waals surface area contributed by atoms with Crippen molar-refractivity contribution < 1.29 is 0 Å². The molecule has 2 N–H and O–H groups in total. The van der Waals surface area contributed by atoms with Crippen molar-refractivity contribution in [1.29, 1.82) is 0 Å². The van der Waals surface area contributed by atoms with Gasteiger partial charge in [-0.05, 0) is 51.9 Å². The quantitative estimate of drug-likeness (QED) is 0.865. The maximum absolute atomic E-state index is 5.91. The smallest absolute Gasteiger partial charge is 0.135 e. The van der Waals surface area contributed by atoms with Crippen LogP contribution in [0.5, 0.6) is 0 Å². The van der Waals surface area contributed by atoms with Crippen molar-refractivity contribution in [3.8, 4) is 0 Å². The largest absolute Gasteiger partial charge is 0.383 e. The Morgan fingerprint density at radius 2 is 2.43 bits per heavy atom. The second-order valence-electron chi connectivity index (χ2n) is 3.05. The molecule has 0 aliphatic heterocycles. The molecule has 5 heteroatoms. The Labute approximate surface area is 100 Å². The number of nitrogens with two attached hydrogens (primary N) is 1. The lowest BCUT2D eigenvalue weighted by Crippen LogP contribution is -2.10. The van der Waals surface area contributed by atoms with Gasteiger partial charge in [0.2, 0.25) is 0 Å². The molecule has 0 amide bonds. The minimum absolute atomic E-state index is 0.213. The summed E-state index contributed by atoms with van der Waals surface area (Å²) in [5, 5.41) is 8.45. The number of nitrogens with zero attached hydrogens (tertiary/aromatic N) is 2. The zero-order valence-corrected chi connectivity index (χ0v) is 10.6. The van der Waals surface area contributed by atoms with Gasteiger partial charge in [-0.15, -0.1) is 0 Å². The van der Waals surface area contributed by atoms with Gasteiger partial charge in [0.25, 0.3) is 0 Å². The predicted molar refractivity (Wildman–Crippen MR) is 67.5 cm³/mol. The van der Waals surface area contributed by atoms with Gasteiger partial charge < -0.3 is 5.73 Å². The van der Waals surface area contributed by atoms with Gasteiger partial charge in [-0.25, -0.2) is 4.68 Å². The van der Waals surface area contributed by atoms with Crippen molar-refractivity contribution in [2.75, 3.05) is 5.73 Å². The molecule has 1 atom stereocenters. The molecular weight excluding hydrogens is 309 g/mol. The summed E-state index contributed by atoms with van der Waals surface area (Å²) in [6.45, 7) is 2.10. The molecule has 2 aromatic rings. The Morgan fingerprint density at radius 1 is 1.64 bits per heavy atom.